The van der Waals surface area contributed by atoms with E-state index in [1.54, 1.807) is 6.20 Å². The standard InChI is InChI=1S/C9H12ClNS/c1-7(2)12-6-8-4-3-5-11-9(8)10/h3-5,7H,6H2,1-2H3. The van der Waals surface area contributed by atoms with Gasteiger partial charge in [0.25, 0.3) is 0 Å². The molecule has 0 N–H and O–H groups in total. The lowest BCUT2D eigenvalue weighted by Gasteiger charge is -2.05. The Hall–Kier alpha value is -0.210. The number of hydrogen-bond acceptors (Lipinski definition) is 2. The summed E-state index contributed by atoms with van der Waals surface area (Å²) in [4.78, 5) is 4.01. The molecule has 1 aromatic rings. The van der Waals surface area contributed by atoms with Crippen LogP contribution >= 0.6 is 23.4 Å². The number of hydrogen-bond donors (Lipinski definition) is 0. The smallest absolute Gasteiger partial charge is 0.133 e. The van der Waals surface area contributed by atoms with E-state index in [1.807, 2.05) is 23.9 Å². The third-order valence-corrected chi connectivity index (χ3v) is 2.89. The first-order valence-electron chi connectivity index (χ1n) is 3.91. The van der Waals surface area contributed by atoms with Gasteiger partial charge in [-0.2, -0.15) is 11.8 Å². The molecule has 0 unspecified atom stereocenters. The van der Waals surface area contributed by atoms with Gasteiger partial charge < -0.3 is 0 Å². The highest BCUT2D eigenvalue weighted by atomic mass is 35.5. The quantitative estimate of drug-likeness (QED) is 0.696. The minimum Gasteiger partial charge on any atom is -0.244 e. The third-order valence-electron chi connectivity index (χ3n) is 1.41. The fourth-order valence-corrected chi connectivity index (χ4v) is 1.79. The van der Waals surface area contributed by atoms with Crippen molar-refractivity contribution in [2.24, 2.45) is 0 Å². The molecule has 0 aliphatic rings. The van der Waals surface area contributed by atoms with Crippen molar-refractivity contribution in [1.29, 1.82) is 0 Å². The zero-order chi connectivity index (χ0) is 8.97. The summed E-state index contributed by atoms with van der Waals surface area (Å²) in [5, 5.41) is 1.27. The first kappa shape index (κ1) is 9.87. The van der Waals surface area contributed by atoms with Crippen molar-refractivity contribution in [3.8, 4) is 0 Å². The van der Waals surface area contributed by atoms with Crippen LogP contribution in [-0.4, -0.2) is 10.2 Å². The molecular formula is C9H12ClNS. The van der Waals surface area contributed by atoms with Crippen LogP contribution in [0.25, 0.3) is 0 Å². The second-order valence-corrected chi connectivity index (χ2v) is 4.74. The molecule has 1 heterocycles. The van der Waals surface area contributed by atoms with Crippen LogP contribution in [0, 0.1) is 0 Å². The van der Waals surface area contributed by atoms with Crippen LogP contribution in [0.1, 0.15) is 19.4 Å². The lowest BCUT2D eigenvalue weighted by molar-refractivity contribution is 1.11. The van der Waals surface area contributed by atoms with Gasteiger partial charge in [0.15, 0.2) is 0 Å². The highest BCUT2D eigenvalue weighted by Crippen LogP contribution is 2.21. The van der Waals surface area contributed by atoms with E-state index in [0.717, 1.165) is 11.3 Å². The molecule has 0 radical (unpaired) electrons. The lowest BCUT2D eigenvalue weighted by atomic mass is 10.3. The van der Waals surface area contributed by atoms with Gasteiger partial charge in [-0.25, -0.2) is 4.98 Å². The molecule has 0 amide bonds. The van der Waals surface area contributed by atoms with E-state index in [9.17, 15) is 0 Å². The molecule has 0 aliphatic heterocycles. The number of aromatic nitrogens is 1. The van der Waals surface area contributed by atoms with Gasteiger partial charge in [0.1, 0.15) is 5.15 Å². The second kappa shape index (κ2) is 4.73. The lowest BCUT2D eigenvalue weighted by Crippen LogP contribution is -1.90. The summed E-state index contributed by atoms with van der Waals surface area (Å²) >= 11 is 7.76. The maximum absolute atomic E-state index is 5.88. The van der Waals surface area contributed by atoms with Crippen LogP contribution in [0.15, 0.2) is 18.3 Å². The van der Waals surface area contributed by atoms with Crippen molar-refractivity contribution in [3.63, 3.8) is 0 Å². The van der Waals surface area contributed by atoms with Crippen LogP contribution < -0.4 is 0 Å². The average molecular weight is 202 g/mol. The first-order valence-corrected chi connectivity index (χ1v) is 5.34. The summed E-state index contributed by atoms with van der Waals surface area (Å²) in [6.45, 7) is 4.35. The van der Waals surface area contributed by atoms with Crippen molar-refractivity contribution in [2.45, 2.75) is 24.9 Å². The summed E-state index contributed by atoms with van der Waals surface area (Å²) in [5.74, 6) is 0.949. The van der Waals surface area contributed by atoms with Gasteiger partial charge in [0, 0.05) is 11.9 Å². The maximum Gasteiger partial charge on any atom is 0.133 e. The normalized spacial score (nSPS) is 10.7. The molecule has 66 valence electrons. The maximum atomic E-state index is 5.88. The second-order valence-electron chi connectivity index (χ2n) is 2.81. The molecule has 0 saturated heterocycles. The topological polar surface area (TPSA) is 12.9 Å². The number of nitrogens with zero attached hydrogens (tertiary/aromatic N) is 1. The fourth-order valence-electron chi connectivity index (χ4n) is 0.783. The molecule has 0 fully saturated rings. The molecule has 0 bridgehead atoms. The monoisotopic (exact) mass is 201 g/mol. The van der Waals surface area contributed by atoms with Gasteiger partial charge >= 0.3 is 0 Å². The van der Waals surface area contributed by atoms with Crippen LogP contribution in [0.2, 0.25) is 5.15 Å². The molecule has 0 atom stereocenters. The Kier molecular flexibility index (Phi) is 3.89. The zero-order valence-corrected chi connectivity index (χ0v) is 8.82. The third kappa shape index (κ3) is 3.03. The fraction of sp³-hybridized carbons (Fsp3) is 0.444. The summed E-state index contributed by atoms with van der Waals surface area (Å²) in [6.07, 6.45) is 1.71. The minimum atomic E-state index is 0.630. The van der Waals surface area contributed by atoms with E-state index >= 15 is 0 Å². The number of pyridine rings is 1. The summed E-state index contributed by atoms with van der Waals surface area (Å²) in [6, 6.07) is 3.94. The van der Waals surface area contributed by atoms with E-state index in [-0.39, 0.29) is 0 Å². The summed E-state index contributed by atoms with van der Waals surface area (Å²) < 4.78 is 0. The molecule has 1 rings (SSSR count). The molecule has 0 aromatic carbocycles. The molecule has 0 saturated carbocycles. The summed E-state index contributed by atoms with van der Waals surface area (Å²) in [7, 11) is 0. The van der Waals surface area contributed by atoms with Crippen molar-refractivity contribution in [1.82, 2.24) is 4.98 Å². The SMILES string of the molecule is CC(C)SCc1cccnc1Cl. The Morgan fingerprint density at radius 2 is 2.33 bits per heavy atom. The van der Waals surface area contributed by atoms with Gasteiger partial charge in [-0.1, -0.05) is 31.5 Å². The highest BCUT2D eigenvalue weighted by Gasteiger charge is 2.01. The van der Waals surface area contributed by atoms with E-state index in [0.29, 0.717) is 10.4 Å². The van der Waals surface area contributed by atoms with Crippen molar-refractivity contribution in [3.05, 3.63) is 29.0 Å². The van der Waals surface area contributed by atoms with Gasteiger partial charge in [0.05, 0.1) is 0 Å². The zero-order valence-electron chi connectivity index (χ0n) is 7.25. The van der Waals surface area contributed by atoms with Crippen molar-refractivity contribution >= 4 is 23.4 Å². The predicted molar refractivity (Wildman–Crippen MR) is 55.7 cm³/mol. The van der Waals surface area contributed by atoms with Crippen LogP contribution in [0.4, 0.5) is 0 Å². The Bertz CT molecular complexity index is 250. The van der Waals surface area contributed by atoms with E-state index in [1.165, 1.54) is 0 Å². The Morgan fingerprint density at radius 1 is 1.58 bits per heavy atom. The predicted octanol–water partition coefficient (Wildman–Crippen LogP) is 3.38. The Morgan fingerprint density at radius 3 is 2.92 bits per heavy atom. The van der Waals surface area contributed by atoms with E-state index < -0.39 is 0 Å². The highest BCUT2D eigenvalue weighted by molar-refractivity contribution is 7.99. The summed E-state index contributed by atoms with van der Waals surface area (Å²) in [5.41, 5.74) is 1.12. The van der Waals surface area contributed by atoms with E-state index in [4.69, 9.17) is 11.6 Å². The molecule has 3 heteroatoms. The van der Waals surface area contributed by atoms with Crippen molar-refractivity contribution < 1.29 is 0 Å². The van der Waals surface area contributed by atoms with Gasteiger partial charge in [-0.15, -0.1) is 0 Å². The molecule has 0 spiro atoms. The molecular weight excluding hydrogens is 190 g/mol. The van der Waals surface area contributed by atoms with Crippen LogP contribution in [0.3, 0.4) is 0 Å². The van der Waals surface area contributed by atoms with Gasteiger partial charge in [0.2, 0.25) is 0 Å². The largest absolute Gasteiger partial charge is 0.244 e. The molecule has 12 heavy (non-hydrogen) atoms. The van der Waals surface area contributed by atoms with Crippen LogP contribution in [-0.2, 0) is 5.75 Å². The van der Waals surface area contributed by atoms with E-state index in [2.05, 4.69) is 18.8 Å². The van der Waals surface area contributed by atoms with Gasteiger partial charge in [-0.05, 0) is 16.9 Å². The molecule has 0 aliphatic carbocycles. The Balaban J connectivity index is 2.57. The van der Waals surface area contributed by atoms with Crippen LogP contribution in [0.5, 0.6) is 0 Å². The average Bonchev–Trinajstić information content (AvgIpc) is 2.03. The molecule has 1 aromatic heterocycles. The first-order chi connectivity index (χ1) is 5.70. The number of thioether (sulfide) groups is 1. The Labute approximate surface area is 82.5 Å². The van der Waals surface area contributed by atoms with Crippen molar-refractivity contribution in [2.75, 3.05) is 0 Å². The van der Waals surface area contributed by atoms with Gasteiger partial charge in [-0.3, -0.25) is 0 Å². The number of rotatable bonds is 3. The minimum absolute atomic E-state index is 0.630. The molecule has 1 nitrogen and oxygen atoms in total. The number of halogens is 1.